The molecule has 0 fully saturated rings. The monoisotopic (exact) mass is 316 g/mol. The highest BCUT2D eigenvalue weighted by Gasteiger charge is 2.12. The average molecular weight is 316 g/mol. The summed E-state index contributed by atoms with van der Waals surface area (Å²) in [5.41, 5.74) is 1.12. The summed E-state index contributed by atoms with van der Waals surface area (Å²) in [6, 6.07) is 6.05. The summed E-state index contributed by atoms with van der Waals surface area (Å²) >= 11 is 1.36. The Morgan fingerprint density at radius 1 is 1.32 bits per heavy atom. The first-order valence-corrected chi connectivity index (χ1v) is 7.64. The zero-order valence-corrected chi connectivity index (χ0v) is 13.1. The number of allylic oxidation sites excluding steroid dienone is 1. The van der Waals surface area contributed by atoms with E-state index < -0.39 is 0 Å². The van der Waals surface area contributed by atoms with E-state index in [1.165, 1.54) is 36.5 Å². The predicted octanol–water partition coefficient (Wildman–Crippen LogP) is 3.12. The van der Waals surface area contributed by atoms with Crippen molar-refractivity contribution in [3.8, 4) is 5.75 Å². The fraction of sp³-hybridized carbons (Fsp3) is 0.188. The molecule has 0 aliphatic rings. The molecule has 0 spiro atoms. The zero-order chi connectivity index (χ0) is 16.1. The Morgan fingerprint density at radius 3 is 2.59 bits per heavy atom. The first-order valence-electron chi connectivity index (χ1n) is 6.76. The predicted molar refractivity (Wildman–Crippen MR) is 87.3 cm³/mol. The van der Waals surface area contributed by atoms with E-state index in [1.54, 1.807) is 28.5 Å². The summed E-state index contributed by atoms with van der Waals surface area (Å²) in [7, 11) is 0. The molecule has 22 heavy (non-hydrogen) atoms. The molecular formula is C16H16N2O3S. The van der Waals surface area contributed by atoms with E-state index in [4.69, 9.17) is 0 Å². The Labute approximate surface area is 132 Å². The van der Waals surface area contributed by atoms with E-state index in [1.807, 2.05) is 6.92 Å². The number of aromatic nitrogens is 1. The number of hydrogen-bond acceptors (Lipinski definition) is 5. The van der Waals surface area contributed by atoms with Gasteiger partial charge in [0.25, 0.3) is 0 Å². The van der Waals surface area contributed by atoms with Gasteiger partial charge in [-0.05, 0) is 43.3 Å². The van der Waals surface area contributed by atoms with Gasteiger partial charge in [0.15, 0.2) is 10.9 Å². The SMILES string of the molecule is CCN(C(C)=O)c1nc(/C=C\C(=O)c2ccc(O)cc2)cs1. The summed E-state index contributed by atoms with van der Waals surface area (Å²) < 4.78 is 0. The van der Waals surface area contributed by atoms with Crippen LogP contribution in [0.1, 0.15) is 29.9 Å². The first kappa shape index (κ1) is 15.9. The lowest BCUT2D eigenvalue weighted by Gasteiger charge is -2.14. The van der Waals surface area contributed by atoms with Crippen molar-refractivity contribution in [1.82, 2.24) is 4.98 Å². The number of nitrogens with zero attached hydrogens (tertiary/aromatic N) is 2. The van der Waals surface area contributed by atoms with Crippen molar-refractivity contribution in [2.75, 3.05) is 11.4 Å². The highest BCUT2D eigenvalue weighted by atomic mass is 32.1. The van der Waals surface area contributed by atoms with E-state index in [2.05, 4.69) is 4.98 Å². The molecule has 1 heterocycles. The fourth-order valence-corrected chi connectivity index (χ4v) is 2.75. The number of carbonyl (C=O) groups is 2. The van der Waals surface area contributed by atoms with Crippen molar-refractivity contribution in [2.24, 2.45) is 0 Å². The van der Waals surface area contributed by atoms with Gasteiger partial charge in [0.2, 0.25) is 5.91 Å². The van der Waals surface area contributed by atoms with Crippen LogP contribution in [0.5, 0.6) is 5.75 Å². The molecule has 2 aromatic rings. The molecule has 0 radical (unpaired) electrons. The van der Waals surface area contributed by atoms with Gasteiger partial charge < -0.3 is 5.11 Å². The molecule has 5 nitrogen and oxygen atoms in total. The number of thiazole rings is 1. The third-order valence-corrected chi connectivity index (χ3v) is 3.88. The molecular weight excluding hydrogens is 300 g/mol. The minimum absolute atomic E-state index is 0.0625. The van der Waals surface area contributed by atoms with Gasteiger partial charge in [-0.2, -0.15) is 0 Å². The highest BCUT2D eigenvalue weighted by Crippen LogP contribution is 2.21. The standard InChI is InChI=1S/C16H16N2O3S/c1-3-18(11(2)19)16-17-13(10-22-16)6-9-15(21)12-4-7-14(20)8-5-12/h4-10,20H,3H2,1-2H3/b9-6-. The maximum atomic E-state index is 12.0. The number of aromatic hydroxyl groups is 1. The Kier molecular flexibility index (Phi) is 5.06. The van der Waals surface area contributed by atoms with E-state index in [9.17, 15) is 14.7 Å². The van der Waals surface area contributed by atoms with Gasteiger partial charge in [0.1, 0.15) is 5.75 Å². The lowest BCUT2D eigenvalue weighted by atomic mass is 10.1. The van der Waals surface area contributed by atoms with E-state index in [0.29, 0.717) is 22.9 Å². The summed E-state index contributed by atoms with van der Waals surface area (Å²) in [4.78, 5) is 29.3. The van der Waals surface area contributed by atoms with Crippen molar-refractivity contribution in [2.45, 2.75) is 13.8 Å². The van der Waals surface area contributed by atoms with Crippen LogP contribution in [-0.4, -0.2) is 28.3 Å². The van der Waals surface area contributed by atoms with Crippen LogP contribution in [0.2, 0.25) is 0 Å². The molecule has 1 aromatic carbocycles. The van der Waals surface area contributed by atoms with E-state index in [0.717, 1.165) is 0 Å². The summed E-state index contributed by atoms with van der Waals surface area (Å²) in [5.74, 6) is -0.116. The van der Waals surface area contributed by atoms with Crippen LogP contribution in [-0.2, 0) is 4.79 Å². The molecule has 0 unspecified atom stereocenters. The number of rotatable bonds is 5. The van der Waals surface area contributed by atoms with Crippen LogP contribution >= 0.6 is 11.3 Å². The molecule has 2 rings (SSSR count). The highest BCUT2D eigenvalue weighted by molar-refractivity contribution is 7.14. The number of carbonyl (C=O) groups excluding carboxylic acids is 2. The zero-order valence-electron chi connectivity index (χ0n) is 12.3. The number of phenolic OH excluding ortho intramolecular Hbond substituents is 1. The van der Waals surface area contributed by atoms with Gasteiger partial charge in [-0.1, -0.05) is 0 Å². The number of ketones is 1. The fourth-order valence-electron chi connectivity index (χ4n) is 1.85. The van der Waals surface area contributed by atoms with E-state index >= 15 is 0 Å². The first-order chi connectivity index (χ1) is 10.5. The van der Waals surface area contributed by atoms with Crippen LogP contribution < -0.4 is 4.90 Å². The quantitative estimate of drug-likeness (QED) is 0.679. The van der Waals surface area contributed by atoms with Gasteiger partial charge >= 0.3 is 0 Å². The van der Waals surface area contributed by atoms with Crippen LogP contribution in [0.25, 0.3) is 6.08 Å². The van der Waals surface area contributed by atoms with Gasteiger partial charge in [-0.25, -0.2) is 4.98 Å². The van der Waals surface area contributed by atoms with Crippen LogP contribution in [0, 0.1) is 0 Å². The number of amides is 1. The Morgan fingerprint density at radius 2 is 2.00 bits per heavy atom. The minimum Gasteiger partial charge on any atom is -0.508 e. The van der Waals surface area contributed by atoms with Crippen molar-refractivity contribution in [3.05, 3.63) is 47.0 Å². The van der Waals surface area contributed by atoms with Gasteiger partial charge in [0.05, 0.1) is 5.69 Å². The molecule has 1 amide bonds. The molecule has 0 saturated carbocycles. The lowest BCUT2D eigenvalue weighted by molar-refractivity contribution is -0.116. The molecule has 1 N–H and O–H groups in total. The maximum Gasteiger partial charge on any atom is 0.225 e. The second-order valence-corrected chi connectivity index (χ2v) is 5.40. The van der Waals surface area contributed by atoms with Gasteiger partial charge in [-0.15, -0.1) is 11.3 Å². The largest absolute Gasteiger partial charge is 0.508 e. The number of phenols is 1. The Bertz CT molecular complexity index is 704. The second kappa shape index (κ2) is 7.00. The molecule has 0 bridgehead atoms. The topological polar surface area (TPSA) is 70.5 Å². The van der Waals surface area contributed by atoms with Crippen molar-refractivity contribution in [3.63, 3.8) is 0 Å². The van der Waals surface area contributed by atoms with Gasteiger partial charge in [-0.3, -0.25) is 14.5 Å². The molecule has 0 aliphatic carbocycles. The maximum absolute atomic E-state index is 12.0. The Hall–Kier alpha value is -2.47. The third kappa shape index (κ3) is 3.79. The minimum atomic E-state index is -0.173. The van der Waals surface area contributed by atoms with Crippen molar-refractivity contribution < 1.29 is 14.7 Å². The van der Waals surface area contributed by atoms with Gasteiger partial charge in [0, 0.05) is 24.4 Å². The second-order valence-electron chi connectivity index (χ2n) is 4.56. The molecule has 6 heteroatoms. The number of hydrogen-bond donors (Lipinski definition) is 1. The van der Waals surface area contributed by atoms with Crippen molar-refractivity contribution in [1.29, 1.82) is 0 Å². The lowest BCUT2D eigenvalue weighted by Crippen LogP contribution is -2.27. The van der Waals surface area contributed by atoms with Crippen LogP contribution in [0.4, 0.5) is 5.13 Å². The molecule has 114 valence electrons. The number of benzene rings is 1. The van der Waals surface area contributed by atoms with Crippen molar-refractivity contribution >= 4 is 34.2 Å². The average Bonchev–Trinajstić information content (AvgIpc) is 2.94. The smallest absolute Gasteiger partial charge is 0.225 e. The summed E-state index contributed by atoms with van der Waals surface area (Å²) in [6.45, 7) is 3.93. The third-order valence-electron chi connectivity index (χ3n) is 2.99. The van der Waals surface area contributed by atoms with E-state index in [-0.39, 0.29) is 17.4 Å². The summed E-state index contributed by atoms with van der Waals surface area (Å²) in [5, 5.41) is 11.6. The molecule has 1 aromatic heterocycles. The molecule has 0 aliphatic heterocycles. The summed E-state index contributed by atoms with van der Waals surface area (Å²) in [6.07, 6.45) is 3.04. The normalized spacial score (nSPS) is 10.8. The van der Waals surface area contributed by atoms with Crippen LogP contribution in [0.3, 0.4) is 0 Å². The number of anilines is 1. The molecule has 0 saturated heterocycles. The Balaban J connectivity index is 2.10. The molecule has 0 atom stereocenters. The van der Waals surface area contributed by atoms with Crippen LogP contribution in [0.15, 0.2) is 35.7 Å².